The van der Waals surface area contributed by atoms with Gasteiger partial charge in [-0.2, -0.15) is 5.10 Å². The number of phenols is 1. The highest BCUT2D eigenvalue weighted by atomic mass is 32.2. The van der Waals surface area contributed by atoms with E-state index in [0.717, 1.165) is 33.8 Å². The molecule has 1 heterocycles. The molecular weight excluding hydrogens is 474 g/mol. The van der Waals surface area contributed by atoms with Crippen LogP contribution in [0.1, 0.15) is 24.5 Å². The predicted octanol–water partition coefficient (Wildman–Crippen LogP) is 4.98. The molecule has 2 N–H and O–H groups in total. The van der Waals surface area contributed by atoms with Crippen LogP contribution in [0.2, 0.25) is 0 Å². The van der Waals surface area contributed by atoms with E-state index in [1.165, 1.54) is 11.8 Å². The Labute approximate surface area is 214 Å². The molecule has 0 aliphatic heterocycles. The van der Waals surface area contributed by atoms with Gasteiger partial charge in [-0.05, 0) is 67.4 Å². The Balaban J connectivity index is 1.54. The van der Waals surface area contributed by atoms with Gasteiger partial charge in [-0.1, -0.05) is 48.5 Å². The zero-order chi connectivity index (χ0) is 25.5. The lowest BCUT2D eigenvalue weighted by Crippen LogP contribution is -2.22. The summed E-state index contributed by atoms with van der Waals surface area (Å²) < 4.78 is 7.22. The summed E-state index contributed by atoms with van der Waals surface area (Å²) in [5.74, 6) is 1.46. The molecule has 4 rings (SSSR count). The lowest BCUT2D eigenvalue weighted by molar-refractivity contribution is -0.118. The van der Waals surface area contributed by atoms with Gasteiger partial charge in [-0.25, -0.2) is 5.43 Å². The summed E-state index contributed by atoms with van der Waals surface area (Å²) in [6, 6.07) is 22.4. The summed E-state index contributed by atoms with van der Waals surface area (Å²) in [6.07, 6.45) is 0.629. The number of aryl methyl sites for hydroxylation is 1. The van der Waals surface area contributed by atoms with Gasteiger partial charge in [-0.15, -0.1) is 10.2 Å². The first-order valence-electron chi connectivity index (χ1n) is 11.4. The van der Waals surface area contributed by atoms with Gasteiger partial charge >= 0.3 is 0 Å². The van der Waals surface area contributed by atoms with Crippen LogP contribution in [0.5, 0.6) is 11.5 Å². The van der Waals surface area contributed by atoms with Gasteiger partial charge in [0.15, 0.2) is 11.0 Å². The van der Waals surface area contributed by atoms with Crippen LogP contribution in [0.15, 0.2) is 83.1 Å². The Morgan fingerprint density at radius 3 is 2.36 bits per heavy atom. The third kappa shape index (κ3) is 5.92. The van der Waals surface area contributed by atoms with E-state index >= 15 is 0 Å². The number of aromatic nitrogens is 3. The fourth-order valence-electron chi connectivity index (χ4n) is 3.51. The van der Waals surface area contributed by atoms with Gasteiger partial charge < -0.3 is 9.84 Å². The van der Waals surface area contributed by atoms with Crippen LogP contribution < -0.4 is 10.2 Å². The minimum absolute atomic E-state index is 0.109. The van der Waals surface area contributed by atoms with Gasteiger partial charge in [0.1, 0.15) is 11.5 Å². The fraction of sp³-hybridized carbons (Fsp3) is 0.185. The van der Waals surface area contributed by atoms with Crippen molar-refractivity contribution >= 4 is 23.4 Å². The van der Waals surface area contributed by atoms with Gasteiger partial charge in [0, 0.05) is 11.3 Å². The van der Waals surface area contributed by atoms with Gasteiger partial charge in [-0.3, -0.25) is 9.36 Å². The van der Waals surface area contributed by atoms with Gasteiger partial charge in [0.25, 0.3) is 5.91 Å². The van der Waals surface area contributed by atoms with Crippen molar-refractivity contribution in [2.75, 3.05) is 12.9 Å². The summed E-state index contributed by atoms with van der Waals surface area (Å²) in [7, 11) is 1.62. The smallest absolute Gasteiger partial charge is 0.250 e. The molecule has 1 amide bonds. The highest BCUT2D eigenvalue weighted by Crippen LogP contribution is 2.29. The molecule has 0 bridgehead atoms. The molecule has 0 spiro atoms. The Kier molecular flexibility index (Phi) is 8.02. The molecule has 9 heteroatoms. The Morgan fingerprint density at radius 2 is 1.72 bits per heavy atom. The molecule has 0 aliphatic carbocycles. The van der Waals surface area contributed by atoms with E-state index < -0.39 is 0 Å². The number of carbonyl (C=O) groups excluding carboxylic acids is 1. The lowest BCUT2D eigenvalue weighted by atomic mass is 10.1. The van der Waals surface area contributed by atoms with Crippen LogP contribution in [0.4, 0.5) is 0 Å². The molecule has 4 aromatic rings. The molecule has 0 fully saturated rings. The van der Waals surface area contributed by atoms with Gasteiger partial charge in [0.2, 0.25) is 0 Å². The minimum Gasteiger partial charge on any atom is -0.508 e. The zero-order valence-corrected chi connectivity index (χ0v) is 21.1. The number of nitrogens with zero attached hydrogens (tertiary/aromatic N) is 4. The summed E-state index contributed by atoms with van der Waals surface area (Å²) in [5, 5.41) is 23.2. The number of aromatic hydroxyl groups is 1. The van der Waals surface area contributed by atoms with Crippen LogP contribution in [0.25, 0.3) is 17.1 Å². The molecule has 0 saturated carbocycles. The number of benzene rings is 3. The number of amides is 1. The van der Waals surface area contributed by atoms with Crippen molar-refractivity contribution in [2.45, 2.75) is 25.4 Å². The molecule has 36 heavy (non-hydrogen) atoms. The molecular formula is C27H27N5O3S. The van der Waals surface area contributed by atoms with E-state index in [0.29, 0.717) is 17.4 Å². The van der Waals surface area contributed by atoms with E-state index in [4.69, 9.17) is 4.74 Å². The maximum atomic E-state index is 12.6. The monoisotopic (exact) mass is 501 g/mol. The maximum Gasteiger partial charge on any atom is 0.250 e. The largest absolute Gasteiger partial charge is 0.508 e. The Hall–Kier alpha value is -4.11. The van der Waals surface area contributed by atoms with E-state index in [1.807, 2.05) is 66.9 Å². The number of carbonyl (C=O) groups is 1. The number of phenolic OH excluding ortho intramolecular Hbond substituents is 1. The highest BCUT2D eigenvalue weighted by molar-refractivity contribution is 7.99. The molecule has 0 atom stereocenters. The van der Waals surface area contributed by atoms with Crippen molar-refractivity contribution in [2.24, 2.45) is 5.10 Å². The predicted molar refractivity (Wildman–Crippen MR) is 142 cm³/mol. The minimum atomic E-state index is -0.258. The SMILES string of the molecule is CCC(=NNC(=O)CSc1nnc(-c2ccc(C)cc2)n1-c1ccc(OC)cc1)c1ccc(O)cc1. The summed E-state index contributed by atoms with van der Waals surface area (Å²) in [6.45, 7) is 3.99. The van der Waals surface area contributed by atoms with Crippen molar-refractivity contribution in [1.29, 1.82) is 0 Å². The maximum absolute atomic E-state index is 12.6. The van der Waals surface area contributed by atoms with Crippen molar-refractivity contribution < 1.29 is 14.6 Å². The summed E-state index contributed by atoms with van der Waals surface area (Å²) >= 11 is 1.28. The van der Waals surface area contributed by atoms with Crippen LogP contribution in [-0.4, -0.2) is 44.4 Å². The Bertz CT molecular complexity index is 1350. The summed E-state index contributed by atoms with van der Waals surface area (Å²) in [5.41, 5.74) is 7.12. The average Bonchev–Trinajstić information content (AvgIpc) is 3.33. The number of ether oxygens (including phenoxy) is 1. The molecule has 8 nitrogen and oxygen atoms in total. The van der Waals surface area contributed by atoms with E-state index in [-0.39, 0.29) is 17.4 Å². The Morgan fingerprint density at radius 1 is 1.03 bits per heavy atom. The number of hydrazone groups is 1. The number of nitrogens with one attached hydrogen (secondary N) is 1. The third-order valence-corrected chi connectivity index (χ3v) is 6.39. The van der Waals surface area contributed by atoms with E-state index in [9.17, 15) is 9.90 Å². The molecule has 0 aliphatic rings. The lowest BCUT2D eigenvalue weighted by Gasteiger charge is -2.11. The highest BCUT2D eigenvalue weighted by Gasteiger charge is 2.17. The molecule has 0 unspecified atom stereocenters. The molecule has 3 aromatic carbocycles. The zero-order valence-electron chi connectivity index (χ0n) is 20.3. The van der Waals surface area contributed by atoms with Crippen LogP contribution in [-0.2, 0) is 4.79 Å². The normalized spacial score (nSPS) is 11.4. The first-order chi connectivity index (χ1) is 17.5. The van der Waals surface area contributed by atoms with Crippen molar-refractivity contribution in [3.63, 3.8) is 0 Å². The topological polar surface area (TPSA) is 102 Å². The number of hydrogen-bond acceptors (Lipinski definition) is 7. The molecule has 0 radical (unpaired) electrons. The number of methoxy groups -OCH3 is 1. The second-order valence-corrected chi connectivity index (χ2v) is 8.93. The van der Waals surface area contributed by atoms with Crippen LogP contribution >= 0.6 is 11.8 Å². The fourth-order valence-corrected chi connectivity index (χ4v) is 4.26. The number of thioether (sulfide) groups is 1. The standard InChI is InChI=1S/C27H27N5O3S/c1-4-24(19-9-13-22(33)14-10-19)28-29-25(34)17-36-27-31-30-26(20-7-5-18(2)6-8-20)32(27)21-11-15-23(35-3)16-12-21/h5-16,33H,4,17H2,1-3H3,(H,29,34). The quantitative estimate of drug-likeness (QED) is 0.191. The average molecular weight is 502 g/mol. The van der Waals surface area contributed by atoms with E-state index in [2.05, 4.69) is 20.7 Å². The number of rotatable bonds is 9. The van der Waals surface area contributed by atoms with Crippen molar-refractivity contribution in [1.82, 2.24) is 20.2 Å². The molecule has 0 saturated heterocycles. The number of hydrogen-bond donors (Lipinski definition) is 2. The summed E-state index contributed by atoms with van der Waals surface area (Å²) in [4.78, 5) is 12.6. The van der Waals surface area contributed by atoms with E-state index in [1.54, 1.807) is 31.4 Å². The second-order valence-electron chi connectivity index (χ2n) is 7.99. The first-order valence-corrected chi connectivity index (χ1v) is 12.4. The van der Waals surface area contributed by atoms with Crippen molar-refractivity contribution in [3.8, 4) is 28.6 Å². The van der Waals surface area contributed by atoms with Gasteiger partial charge in [0.05, 0.1) is 18.6 Å². The van der Waals surface area contributed by atoms with Crippen molar-refractivity contribution in [3.05, 3.63) is 83.9 Å². The molecule has 1 aromatic heterocycles. The van der Waals surface area contributed by atoms with Crippen LogP contribution in [0, 0.1) is 6.92 Å². The second kappa shape index (κ2) is 11.5. The first kappa shape index (κ1) is 25.0. The molecule has 184 valence electrons. The van der Waals surface area contributed by atoms with Crippen LogP contribution in [0.3, 0.4) is 0 Å². The third-order valence-electron chi connectivity index (χ3n) is 5.46.